The quantitative estimate of drug-likeness (QED) is 0.333. The van der Waals surface area contributed by atoms with Gasteiger partial charge in [0.15, 0.2) is 0 Å². The summed E-state index contributed by atoms with van der Waals surface area (Å²) in [5.41, 5.74) is 10.6. The molecule has 0 radical (unpaired) electrons. The Morgan fingerprint density at radius 2 is 1.28 bits per heavy atom. The molecule has 0 saturated carbocycles. The Morgan fingerprint density at radius 3 is 1.93 bits per heavy atom. The summed E-state index contributed by atoms with van der Waals surface area (Å²) in [5.74, 6) is 0. The van der Waals surface area contributed by atoms with Gasteiger partial charge in [-0.2, -0.15) is 0 Å². The number of nitrogens with one attached hydrogen (secondary N) is 1. The van der Waals surface area contributed by atoms with Crippen LogP contribution in [0, 0.1) is 6.92 Å². The molecule has 0 bridgehead atoms. The molecule has 1 N–H and O–H groups in total. The summed E-state index contributed by atoms with van der Waals surface area (Å²) in [6, 6.07) is 31.6. The number of benzene rings is 4. The van der Waals surface area contributed by atoms with Crippen molar-refractivity contribution in [2.45, 2.75) is 25.7 Å². The van der Waals surface area contributed by atoms with E-state index in [0.29, 0.717) is 0 Å². The number of aromatic nitrogens is 1. The van der Waals surface area contributed by atoms with Gasteiger partial charge in [0.1, 0.15) is 0 Å². The maximum absolute atomic E-state index is 3.59. The molecule has 5 aromatic rings. The van der Waals surface area contributed by atoms with Crippen molar-refractivity contribution in [1.82, 2.24) is 4.98 Å². The van der Waals surface area contributed by atoms with E-state index >= 15 is 0 Å². The molecule has 29 heavy (non-hydrogen) atoms. The summed E-state index contributed by atoms with van der Waals surface area (Å²) in [5, 5.41) is 2.63. The Bertz CT molecular complexity index is 1360. The van der Waals surface area contributed by atoms with Gasteiger partial charge >= 0.3 is 0 Å². The van der Waals surface area contributed by atoms with E-state index in [1.165, 1.54) is 55.2 Å². The molecule has 1 heteroatoms. The van der Waals surface area contributed by atoms with E-state index < -0.39 is 0 Å². The van der Waals surface area contributed by atoms with Crippen molar-refractivity contribution in [1.29, 1.82) is 0 Å². The van der Waals surface area contributed by atoms with E-state index in [-0.39, 0.29) is 5.41 Å². The molecule has 0 amide bonds. The van der Waals surface area contributed by atoms with Crippen LogP contribution in [0.4, 0.5) is 0 Å². The van der Waals surface area contributed by atoms with Gasteiger partial charge < -0.3 is 4.98 Å². The third kappa shape index (κ3) is 2.10. The summed E-state index contributed by atoms with van der Waals surface area (Å²) in [4.78, 5) is 3.59. The van der Waals surface area contributed by atoms with Crippen LogP contribution < -0.4 is 0 Å². The molecule has 1 aromatic heterocycles. The fourth-order valence-electron chi connectivity index (χ4n) is 5.50. The topological polar surface area (TPSA) is 15.8 Å². The highest BCUT2D eigenvalue weighted by atomic mass is 14.7. The van der Waals surface area contributed by atoms with E-state index in [1.807, 2.05) is 0 Å². The molecule has 0 atom stereocenters. The van der Waals surface area contributed by atoms with Crippen LogP contribution in [0.3, 0.4) is 0 Å². The summed E-state index contributed by atoms with van der Waals surface area (Å²) in [7, 11) is 0. The summed E-state index contributed by atoms with van der Waals surface area (Å²) < 4.78 is 0. The normalized spacial score (nSPS) is 14.3. The standard InChI is InChI=1S/C28H23N/c1-3-28(24-10-6-4-8-20(24)21-9-5-7-11-25(21)28)19-13-15-27-23(17-19)22-16-18(2)12-14-26(22)29-27/h4-17,29H,3H2,1-2H3. The predicted octanol–water partition coefficient (Wildman–Crippen LogP) is 7.35. The van der Waals surface area contributed by atoms with Crippen LogP contribution in [0.1, 0.15) is 35.6 Å². The molecule has 0 unspecified atom stereocenters. The fraction of sp³-hybridized carbons (Fsp3) is 0.143. The summed E-state index contributed by atoms with van der Waals surface area (Å²) >= 11 is 0. The first-order valence-electron chi connectivity index (χ1n) is 10.4. The predicted molar refractivity (Wildman–Crippen MR) is 123 cm³/mol. The van der Waals surface area contributed by atoms with Gasteiger partial charge in [-0.05, 0) is 65.4 Å². The maximum atomic E-state index is 3.59. The first-order valence-corrected chi connectivity index (χ1v) is 10.4. The highest BCUT2D eigenvalue weighted by Crippen LogP contribution is 2.54. The zero-order chi connectivity index (χ0) is 19.6. The van der Waals surface area contributed by atoms with Crippen molar-refractivity contribution in [2.24, 2.45) is 0 Å². The molecule has 6 rings (SSSR count). The molecule has 1 aliphatic carbocycles. The van der Waals surface area contributed by atoms with Crippen molar-refractivity contribution in [3.8, 4) is 11.1 Å². The number of H-pyrrole nitrogens is 1. The van der Waals surface area contributed by atoms with Crippen molar-refractivity contribution in [2.75, 3.05) is 0 Å². The Kier molecular flexibility index (Phi) is 3.35. The highest BCUT2D eigenvalue weighted by Gasteiger charge is 2.43. The maximum Gasteiger partial charge on any atom is 0.0465 e. The minimum Gasteiger partial charge on any atom is -0.355 e. The van der Waals surface area contributed by atoms with Gasteiger partial charge in [0.25, 0.3) is 0 Å². The zero-order valence-electron chi connectivity index (χ0n) is 16.8. The van der Waals surface area contributed by atoms with Crippen LogP contribution in [0.15, 0.2) is 84.9 Å². The van der Waals surface area contributed by atoms with Crippen molar-refractivity contribution >= 4 is 21.8 Å². The lowest BCUT2D eigenvalue weighted by Gasteiger charge is -2.32. The van der Waals surface area contributed by atoms with Gasteiger partial charge in [-0.25, -0.2) is 0 Å². The van der Waals surface area contributed by atoms with Crippen molar-refractivity contribution in [3.05, 3.63) is 107 Å². The van der Waals surface area contributed by atoms with Crippen LogP contribution in [-0.4, -0.2) is 4.98 Å². The average Bonchev–Trinajstić information content (AvgIpc) is 3.27. The Balaban J connectivity index is 1.71. The lowest BCUT2D eigenvalue weighted by molar-refractivity contribution is 0.610. The van der Waals surface area contributed by atoms with E-state index in [4.69, 9.17) is 0 Å². The first kappa shape index (κ1) is 16.6. The Morgan fingerprint density at radius 1 is 0.690 bits per heavy atom. The molecule has 0 spiro atoms. The summed E-state index contributed by atoms with van der Waals surface area (Å²) in [6.07, 6.45) is 1.04. The van der Waals surface area contributed by atoms with Gasteiger partial charge in [-0.1, -0.05) is 73.2 Å². The van der Waals surface area contributed by atoms with E-state index in [1.54, 1.807) is 0 Å². The minimum atomic E-state index is -0.102. The lowest BCUT2D eigenvalue weighted by Crippen LogP contribution is -2.25. The van der Waals surface area contributed by atoms with Gasteiger partial charge in [0.2, 0.25) is 0 Å². The number of fused-ring (bicyclic) bond motifs is 6. The first-order chi connectivity index (χ1) is 14.2. The monoisotopic (exact) mass is 373 g/mol. The van der Waals surface area contributed by atoms with Crippen molar-refractivity contribution in [3.63, 3.8) is 0 Å². The molecule has 0 fully saturated rings. The molecular formula is C28H23N. The van der Waals surface area contributed by atoms with Crippen LogP contribution in [0.25, 0.3) is 32.9 Å². The molecule has 140 valence electrons. The molecular weight excluding hydrogens is 350 g/mol. The van der Waals surface area contributed by atoms with Crippen LogP contribution in [0.2, 0.25) is 0 Å². The second kappa shape index (κ2) is 5.84. The van der Waals surface area contributed by atoms with Gasteiger partial charge in [-0.3, -0.25) is 0 Å². The molecule has 1 aliphatic rings. The number of hydrogen-bond donors (Lipinski definition) is 1. The fourth-order valence-corrected chi connectivity index (χ4v) is 5.50. The Hall–Kier alpha value is -3.32. The smallest absolute Gasteiger partial charge is 0.0465 e. The summed E-state index contributed by atoms with van der Waals surface area (Å²) in [6.45, 7) is 4.49. The zero-order valence-corrected chi connectivity index (χ0v) is 16.8. The minimum absolute atomic E-state index is 0.102. The van der Waals surface area contributed by atoms with Crippen LogP contribution >= 0.6 is 0 Å². The third-order valence-electron chi connectivity index (χ3n) is 6.84. The molecule has 4 aromatic carbocycles. The largest absolute Gasteiger partial charge is 0.355 e. The van der Waals surface area contributed by atoms with Gasteiger partial charge in [-0.15, -0.1) is 0 Å². The van der Waals surface area contributed by atoms with Crippen LogP contribution in [-0.2, 0) is 5.41 Å². The van der Waals surface area contributed by atoms with E-state index in [9.17, 15) is 0 Å². The molecule has 0 saturated heterocycles. The Labute approximate surface area is 171 Å². The molecule has 1 heterocycles. The molecule has 1 nitrogen and oxygen atoms in total. The van der Waals surface area contributed by atoms with Gasteiger partial charge in [0.05, 0.1) is 0 Å². The van der Waals surface area contributed by atoms with Crippen molar-refractivity contribution < 1.29 is 0 Å². The highest BCUT2D eigenvalue weighted by molar-refractivity contribution is 6.08. The SMILES string of the molecule is CCC1(c2ccc3[nH]c4ccc(C)cc4c3c2)c2ccccc2-c2ccccc21. The number of aromatic amines is 1. The van der Waals surface area contributed by atoms with E-state index in [2.05, 4.69) is 104 Å². The number of hydrogen-bond acceptors (Lipinski definition) is 0. The number of aryl methyl sites for hydroxylation is 1. The van der Waals surface area contributed by atoms with Crippen LogP contribution in [0.5, 0.6) is 0 Å². The second-order valence-corrected chi connectivity index (χ2v) is 8.28. The number of rotatable bonds is 2. The lowest BCUT2D eigenvalue weighted by atomic mass is 9.70. The van der Waals surface area contributed by atoms with Gasteiger partial charge in [0, 0.05) is 27.2 Å². The molecule has 0 aliphatic heterocycles. The average molecular weight is 373 g/mol. The third-order valence-corrected chi connectivity index (χ3v) is 6.84. The van der Waals surface area contributed by atoms with E-state index in [0.717, 1.165) is 6.42 Å². The second-order valence-electron chi connectivity index (χ2n) is 8.28.